The molecule has 0 saturated heterocycles. The van der Waals surface area contributed by atoms with Gasteiger partial charge in [-0.15, -0.1) is 0 Å². The van der Waals surface area contributed by atoms with E-state index in [2.05, 4.69) is 25.6 Å². The van der Waals surface area contributed by atoms with E-state index in [4.69, 9.17) is 0 Å². The fraction of sp³-hybridized carbons (Fsp3) is 0.292. The average molecular weight is 426 g/mol. The van der Waals surface area contributed by atoms with Crippen molar-refractivity contribution in [2.75, 3.05) is 0 Å². The quantitative estimate of drug-likeness (QED) is 0.522. The molecule has 0 bridgehead atoms. The third-order valence-corrected chi connectivity index (χ3v) is 6.98. The van der Waals surface area contributed by atoms with E-state index in [0.29, 0.717) is 22.3 Å². The van der Waals surface area contributed by atoms with E-state index in [1.165, 1.54) is 6.33 Å². The normalized spacial score (nSPS) is 24.1. The van der Waals surface area contributed by atoms with E-state index in [-0.39, 0.29) is 17.5 Å². The Morgan fingerprint density at radius 2 is 1.78 bits per heavy atom. The fourth-order valence-electron chi connectivity index (χ4n) is 5.42. The molecule has 0 radical (unpaired) electrons. The predicted octanol–water partition coefficient (Wildman–Crippen LogP) is 2.96. The molecule has 0 aliphatic heterocycles. The Hall–Kier alpha value is -3.81. The highest BCUT2D eigenvalue weighted by Crippen LogP contribution is 2.62. The van der Waals surface area contributed by atoms with Crippen molar-refractivity contribution in [2.24, 2.45) is 5.41 Å². The van der Waals surface area contributed by atoms with Gasteiger partial charge in [-0.1, -0.05) is 18.2 Å². The maximum absolute atomic E-state index is 12.6. The maximum Gasteiger partial charge on any atom is 0.272 e. The summed E-state index contributed by atoms with van der Waals surface area (Å²) in [6.45, 7) is 0. The van der Waals surface area contributed by atoms with Crippen LogP contribution in [0.1, 0.15) is 47.7 Å². The van der Waals surface area contributed by atoms with Crippen LogP contribution >= 0.6 is 0 Å². The predicted molar refractivity (Wildman–Crippen MR) is 119 cm³/mol. The molecule has 8 nitrogen and oxygen atoms in total. The Labute approximate surface area is 183 Å². The summed E-state index contributed by atoms with van der Waals surface area (Å²) in [6, 6.07) is 15.2. The highest BCUT2D eigenvalue weighted by Gasteiger charge is 2.54. The topological polar surface area (TPSA) is 106 Å². The molecule has 2 N–H and O–H groups in total. The molecule has 1 spiro atoms. The zero-order chi connectivity index (χ0) is 21.7. The Morgan fingerprint density at radius 1 is 1.03 bits per heavy atom. The van der Waals surface area contributed by atoms with E-state index >= 15 is 0 Å². The Balaban J connectivity index is 1.07. The van der Waals surface area contributed by atoms with Gasteiger partial charge >= 0.3 is 0 Å². The van der Waals surface area contributed by atoms with Crippen LogP contribution in [0.2, 0.25) is 0 Å². The van der Waals surface area contributed by atoms with E-state index in [1.807, 2.05) is 48.5 Å². The van der Waals surface area contributed by atoms with Crippen molar-refractivity contribution in [1.29, 1.82) is 0 Å². The summed E-state index contributed by atoms with van der Waals surface area (Å²) < 4.78 is 1.66. The molecule has 4 aromatic rings. The second-order valence-electron chi connectivity index (χ2n) is 9.05. The number of rotatable bonds is 4. The largest absolute Gasteiger partial charge is 0.349 e. The summed E-state index contributed by atoms with van der Waals surface area (Å²) in [5.41, 5.74) is 2.65. The molecule has 160 valence electrons. The van der Waals surface area contributed by atoms with Crippen molar-refractivity contribution in [3.8, 4) is 5.69 Å². The minimum absolute atomic E-state index is 0.0424. The molecule has 2 aromatic heterocycles. The van der Waals surface area contributed by atoms with Gasteiger partial charge < -0.3 is 5.32 Å². The number of H-pyrrole nitrogens is 1. The van der Waals surface area contributed by atoms with E-state index in [9.17, 15) is 9.59 Å². The van der Waals surface area contributed by atoms with E-state index < -0.39 is 0 Å². The van der Waals surface area contributed by atoms with Crippen LogP contribution in [0.5, 0.6) is 0 Å². The van der Waals surface area contributed by atoms with Gasteiger partial charge in [0.1, 0.15) is 12.7 Å². The van der Waals surface area contributed by atoms with Gasteiger partial charge in [0.25, 0.3) is 11.5 Å². The number of nitrogens with zero attached hydrogens (tertiary/aromatic N) is 4. The third kappa shape index (κ3) is 3.10. The summed E-state index contributed by atoms with van der Waals surface area (Å²) in [5, 5.41) is 15.9. The van der Waals surface area contributed by atoms with Gasteiger partial charge in [0.15, 0.2) is 0 Å². The van der Waals surface area contributed by atoms with Gasteiger partial charge in [-0.25, -0.2) is 14.8 Å². The van der Waals surface area contributed by atoms with Crippen LogP contribution in [0.4, 0.5) is 0 Å². The molecule has 2 fully saturated rings. The molecule has 0 unspecified atom stereocenters. The van der Waals surface area contributed by atoms with Crippen LogP contribution in [-0.4, -0.2) is 36.9 Å². The molecule has 2 saturated carbocycles. The monoisotopic (exact) mass is 426 g/mol. The minimum Gasteiger partial charge on any atom is -0.349 e. The van der Waals surface area contributed by atoms with Crippen LogP contribution in [0.25, 0.3) is 16.5 Å². The first-order valence-electron chi connectivity index (χ1n) is 10.8. The van der Waals surface area contributed by atoms with Crippen LogP contribution in [-0.2, 0) is 0 Å². The summed E-state index contributed by atoms with van der Waals surface area (Å²) in [4.78, 5) is 28.6. The summed E-state index contributed by atoms with van der Waals surface area (Å²) in [7, 11) is 0. The fourth-order valence-corrected chi connectivity index (χ4v) is 5.42. The number of carbonyl (C=O) groups excluding carboxylic acids is 1. The number of aromatic nitrogens is 5. The number of benzene rings is 2. The second-order valence-corrected chi connectivity index (χ2v) is 9.05. The minimum atomic E-state index is -0.140. The molecule has 1 amide bonds. The number of aromatic amines is 1. The van der Waals surface area contributed by atoms with Gasteiger partial charge in [-0.3, -0.25) is 9.59 Å². The molecule has 32 heavy (non-hydrogen) atoms. The average Bonchev–Trinajstić information content (AvgIpc) is 3.30. The van der Waals surface area contributed by atoms with Crippen molar-refractivity contribution < 1.29 is 4.79 Å². The number of hydrogen-bond donors (Lipinski definition) is 2. The van der Waals surface area contributed by atoms with Gasteiger partial charge in [-0.2, -0.15) is 10.2 Å². The molecule has 2 aliphatic carbocycles. The van der Waals surface area contributed by atoms with Crippen molar-refractivity contribution >= 4 is 16.7 Å². The summed E-state index contributed by atoms with van der Waals surface area (Å²) >= 11 is 0. The molecular formula is C24H22N6O2. The molecule has 2 aliphatic rings. The van der Waals surface area contributed by atoms with Gasteiger partial charge in [0.05, 0.1) is 16.8 Å². The molecule has 0 atom stereocenters. The lowest BCUT2D eigenvalue weighted by Gasteiger charge is -2.57. The lowest BCUT2D eigenvalue weighted by atomic mass is 9.49. The van der Waals surface area contributed by atoms with Gasteiger partial charge in [-0.05, 0) is 61.4 Å². The first-order valence-corrected chi connectivity index (χ1v) is 10.8. The number of fused-ring (bicyclic) bond motifs is 1. The standard InChI is InChI=1S/C24H22N6O2/c31-22(15-5-7-18(8-6-15)30-14-25-13-26-30)27-17-11-24(12-17)9-16(10-24)21-19-3-1-2-4-20(19)23(32)29-28-21/h1-8,13-14,16-17H,9-12H2,(H,27,31)(H,29,32). The van der Waals surface area contributed by atoms with Gasteiger partial charge in [0, 0.05) is 22.9 Å². The second kappa shape index (κ2) is 7.12. The Kier molecular flexibility index (Phi) is 4.21. The SMILES string of the molecule is O=C(NC1CC2(C1)CC(c1n[nH]c(=O)c3ccccc13)C2)c1ccc(-n2cncn2)cc1. The summed E-state index contributed by atoms with van der Waals surface area (Å²) in [6.07, 6.45) is 7.19. The van der Waals surface area contributed by atoms with Crippen molar-refractivity contribution in [3.05, 3.63) is 82.8 Å². The zero-order valence-electron chi connectivity index (χ0n) is 17.4. The van der Waals surface area contributed by atoms with E-state index in [1.54, 1.807) is 11.0 Å². The van der Waals surface area contributed by atoms with Crippen molar-refractivity contribution in [1.82, 2.24) is 30.3 Å². The summed E-state index contributed by atoms with van der Waals surface area (Å²) in [5.74, 6) is 0.317. The molecule has 6 rings (SSSR count). The molecular weight excluding hydrogens is 404 g/mol. The molecule has 2 heterocycles. The zero-order valence-corrected chi connectivity index (χ0v) is 17.4. The lowest BCUT2D eigenvalue weighted by Crippen LogP contribution is -2.55. The Bertz CT molecular complexity index is 1350. The maximum atomic E-state index is 12.6. The van der Waals surface area contributed by atoms with Crippen molar-refractivity contribution in [2.45, 2.75) is 37.6 Å². The van der Waals surface area contributed by atoms with Crippen LogP contribution < -0.4 is 10.9 Å². The lowest BCUT2D eigenvalue weighted by molar-refractivity contribution is -0.0196. The van der Waals surface area contributed by atoms with Crippen LogP contribution in [0.3, 0.4) is 0 Å². The van der Waals surface area contributed by atoms with Crippen molar-refractivity contribution in [3.63, 3.8) is 0 Å². The first kappa shape index (κ1) is 18.9. The van der Waals surface area contributed by atoms with Crippen LogP contribution in [0.15, 0.2) is 66.0 Å². The number of amides is 1. The number of hydrogen-bond acceptors (Lipinski definition) is 5. The number of nitrogens with one attached hydrogen (secondary N) is 2. The van der Waals surface area contributed by atoms with Gasteiger partial charge in [0.2, 0.25) is 0 Å². The third-order valence-electron chi connectivity index (χ3n) is 6.98. The molecule has 8 heteroatoms. The highest BCUT2D eigenvalue weighted by atomic mass is 16.1. The van der Waals surface area contributed by atoms with Crippen LogP contribution in [0, 0.1) is 5.41 Å². The van der Waals surface area contributed by atoms with E-state index in [0.717, 1.165) is 42.5 Å². The number of carbonyl (C=O) groups is 1. The molecule has 2 aromatic carbocycles. The highest BCUT2D eigenvalue weighted by molar-refractivity contribution is 5.94. The first-order chi connectivity index (χ1) is 15.6. The smallest absolute Gasteiger partial charge is 0.272 e. The Morgan fingerprint density at radius 3 is 2.50 bits per heavy atom.